The third-order valence-electron chi connectivity index (χ3n) is 4.27. The van der Waals surface area contributed by atoms with Gasteiger partial charge in [0.15, 0.2) is 0 Å². The molecule has 8 nitrogen and oxygen atoms in total. The predicted molar refractivity (Wildman–Crippen MR) is 100 cm³/mol. The highest BCUT2D eigenvalue weighted by atomic mass is 35.5. The third kappa shape index (κ3) is 4.01. The van der Waals surface area contributed by atoms with Gasteiger partial charge in [-0.2, -0.15) is 0 Å². The summed E-state index contributed by atoms with van der Waals surface area (Å²) in [4.78, 5) is 36.7. The van der Waals surface area contributed by atoms with Gasteiger partial charge in [-0.05, 0) is 24.3 Å². The molecule has 1 aliphatic rings. The van der Waals surface area contributed by atoms with Crippen molar-refractivity contribution in [2.45, 2.75) is 6.42 Å². The molecular formula is C18H16ClN3O5. The van der Waals surface area contributed by atoms with E-state index in [9.17, 15) is 19.7 Å². The monoisotopic (exact) mass is 389 g/mol. The number of hydrogen-bond acceptors (Lipinski definition) is 5. The van der Waals surface area contributed by atoms with Gasteiger partial charge in [-0.1, -0.05) is 17.7 Å². The molecule has 0 radical (unpaired) electrons. The largest absolute Gasteiger partial charge is 0.497 e. The van der Waals surface area contributed by atoms with Crippen LogP contribution in [0.1, 0.15) is 6.42 Å². The van der Waals surface area contributed by atoms with E-state index in [2.05, 4.69) is 5.32 Å². The first kappa shape index (κ1) is 18.7. The van der Waals surface area contributed by atoms with Crippen LogP contribution in [0, 0.1) is 16.0 Å². The van der Waals surface area contributed by atoms with Crippen molar-refractivity contribution in [1.29, 1.82) is 0 Å². The first-order valence-electron chi connectivity index (χ1n) is 8.08. The van der Waals surface area contributed by atoms with E-state index in [1.54, 1.807) is 24.3 Å². The Bertz CT molecular complexity index is 918. The number of benzene rings is 2. The zero-order valence-corrected chi connectivity index (χ0v) is 15.1. The van der Waals surface area contributed by atoms with Gasteiger partial charge in [-0.15, -0.1) is 0 Å². The van der Waals surface area contributed by atoms with Crippen molar-refractivity contribution in [1.82, 2.24) is 0 Å². The summed E-state index contributed by atoms with van der Waals surface area (Å²) < 4.78 is 5.16. The SMILES string of the molecule is COc1cccc(N2C[C@@H](C(=O)Nc3ccc(Cl)c([N+](=O)[O-])c3)CC2=O)c1. The fraction of sp³-hybridized carbons (Fsp3) is 0.222. The smallest absolute Gasteiger partial charge is 0.289 e. The van der Waals surface area contributed by atoms with Gasteiger partial charge >= 0.3 is 0 Å². The lowest BCUT2D eigenvalue weighted by atomic mass is 10.1. The third-order valence-corrected chi connectivity index (χ3v) is 4.59. The van der Waals surface area contributed by atoms with Crippen LogP contribution in [0.15, 0.2) is 42.5 Å². The van der Waals surface area contributed by atoms with Crippen LogP contribution in [-0.2, 0) is 9.59 Å². The molecule has 0 unspecified atom stereocenters. The van der Waals surface area contributed by atoms with E-state index in [0.717, 1.165) is 0 Å². The predicted octanol–water partition coefficient (Wildman–Crippen LogP) is 3.25. The molecule has 2 aromatic rings. The first-order valence-corrected chi connectivity index (χ1v) is 8.46. The fourth-order valence-electron chi connectivity index (χ4n) is 2.89. The molecule has 27 heavy (non-hydrogen) atoms. The number of carbonyl (C=O) groups excluding carboxylic acids is 2. The minimum Gasteiger partial charge on any atom is -0.497 e. The quantitative estimate of drug-likeness (QED) is 0.624. The average Bonchev–Trinajstić information content (AvgIpc) is 3.05. The Morgan fingerprint density at radius 1 is 1.33 bits per heavy atom. The molecule has 0 aromatic heterocycles. The van der Waals surface area contributed by atoms with E-state index in [4.69, 9.17) is 16.3 Å². The van der Waals surface area contributed by atoms with Crippen LogP contribution in [0.3, 0.4) is 0 Å². The van der Waals surface area contributed by atoms with Gasteiger partial charge in [0.25, 0.3) is 5.69 Å². The second kappa shape index (κ2) is 7.63. The molecule has 2 aromatic carbocycles. The minimum atomic E-state index is -0.623. The van der Waals surface area contributed by atoms with E-state index in [1.807, 2.05) is 0 Å². The molecule has 2 amide bonds. The molecule has 140 valence electrons. The van der Waals surface area contributed by atoms with Gasteiger partial charge < -0.3 is 15.0 Å². The molecule has 1 heterocycles. The van der Waals surface area contributed by atoms with E-state index < -0.39 is 10.8 Å². The molecule has 1 N–H and O–H groups in total. The summed E-state index contributed by atoms with van der Waals surface area (Å²) in [6.45, 7) is 0.216. The van der Waals surface area contributed by atoms with Crippen LogP contribution in [0.4, 0.5) is 17.1 Å². The number of nitro groups is 1. The van der Waals surface area contributed by atoms with Crippen molar-refractivity contribution in [2.24, 2.45) is 5.92 Å². The summed E-state index contributed by atoms with van der Waals surface area (Å²) in [5.74, 6) is -0.518. The molecule has 0 bridgehead atoms. The molecule has 0 aliphatic carbocycles. The topological polar surface area (TPSA) is 102 Å². The molecule has 3 rings (SSSR count). The Morgan fingerprint density at radius 2 is 2.11 bits per heavy atom. The molecule has 1 fully saturated rings. The van der Waals surface area contributed by atoms with Crippen LogP contribution >= 0.6 is 11.6 Å². The fourth-order valence-corrected chi connectivity index (χ4v) is 3.07. The molecule has 1 atom stereocenters. The van der Waals surface area contributed by atoms with Crippen LogP contribution < -0.4 is 15.0 Å². The summed E-state index contributed by atoms with van der Waals surface area (Å²) in [5, 5.41) is 13.6. The highest BCUT2D eigenvalue weighted by Crippen LogP contribution is 2.30. The Kier molecular flexibility index (Phi) is 5.27. The normalized spacial score (nSPS) is 16.3. The molecule has 0 spiro atoms. The van der Waals surface area contributed by atoms with Crippen molar-refractivity contribution in [3.8, 4) is 5.75 Å². The van der Waals surface area contributed by atoms with Crippen LogP contribution in [0.25, 0.3) is 0 Å². The van der Waals surface area contributed by atoms with Gasteiger partial charge in [-0.3, -0.25) is 19.7 Å². The van der Waals surface area contributed by atoms with Crippen molar-refractivity contribution < 1.29 is 19.2 Å². The lowest BCUT2D eigenvalue weighted by Crippen LogP contribution is -2.28. The highest BCUT2D eigenvalue weighted by molar-refractivity contribution is 6.32. The second-order valence-electron chi connectivity index (χ2n) is 6.02. The van der Waals surface area contributed by atoms with Gasteiger partial charge in [0.05, 0.1) is 18.0 Å². The van der Waals surface area contributed by atoms with E-state index in [0.29, 0.717) is 11.4 Å². The number of nitro benzene ring substituents is 1. The van der Waals surface area contributed by atoms with Crippen molar-refractivity contribution in [2.75, 3.05) is 23.9 Å². The summed E-state index contributed by atoms with van der Waals surface area (Å²) >= 11 is 5.77. The lowest BCUT2D eigenvalue weighted by Gasteiger charge is -2.17. The van der Waals surface area contributed by atoms with Crippen molar-refractivity contribution in [3.63, 3.8) is 0 Å². The average molecular weight is 390 g/mol. The molecule has 1 aliphatic heterocycles. The van der Waals surface area contributed by atoms with Crippen LogP contribution in [-0.4, -0.2) is 30.4 Å². The molecule has 0 saturated carbocycles. The van der Waals surface area contributed by atoms with Gasteiger partial charge in [-0.25, -0.2) is 0 Å². The minimum absolute atomic E-state index is 0.0155. The number of halogens is 1. The number of ether oxygens (including phenoxy) is 1. The Labute approximate surface area is 159 Å². The Hall–Kier alpha value is -3.13. The molecular weight excluding hydrogens is 374 g/mol. The zero-order chi connectivity index (χ0) is 19.6. The summed E-state index contributed by atoms with van der Waals surface area (Å²) in [5.41, 5.74) is 0.607. The number of anilines is 2. The van der Waals surface area contributed by atoms with E-state index in [1.165, 1.54) is 30.2 Å². The van der Waals surface area contributed by atoms with Gasteiger partial charge in [0, 0.05) is 36.5 Å². The van der Waals surface area contributed by atoms with Crippen LogP contribution in [0.5, 0.6) is 5.75 Å². The first-order chi connectivity index (χ1) is 12.9. The van der Waals surface area contributed by atoms with Gasteiger partial charge in [0.1, 0.15) is 10.8 Å². The van der Waals surface area contributed by atoms with Crippen LogP contribution in [0.2, 0.25) is 5.02 Å². The van der Waals surface area contributed by atoms with E-state index >= 15 is 0 Å². The second-order valence-corrected chi connectivity index (χ2v) is 6.43. The number of nitrogens with zero attached hydrogens (tertiary/aromatic N) is 2. The number of hydrogen-bond donors (Lipinski definition) is 1. The number of nitrogens with one attached hydrogen (secondary N) is 1. The standard InChI is InChI=1S/C18H16ClN3O5/c1-27-14-4-2-3-13(9-14)21-10-11(7-17(21)23)18(24)20-12-5-6-15(19)16(8-12)22(25)26/h2-6,8-9,11H,7,10H2,1H3,(H,20,24)/t11-/m0/s1. The number of carbonyl (C=O) groups is 2. The summed E-state index contributed by atoms with van der Waals surface area (Å²) in [6, 6.07) is 11.0. The van der Waals surface area contributed by atoms with Crippen molar-refractivity contribution in [3.05, 3.63) is 57.6 Å². The maximum absolute atomic E-state index is 12.5. The van der Waals surface area contributed by atoms with Gasteiger partial charge in [0.2, 0.25) is 11.8 Å². The Balaban J connectivity index is 1.72. The number of amides is 2. The molecule has 1 saturated heterocycles. The molecule has 9 heteroatoms. The van der Waals surface area contributed by atoms with E-state index in [-0.39, 0.29) is 41.2 Å². The summed E-state index contributed by atoms with van der Waals surface area (Å²) in [7, 11) is 1.53. The highest BCUT2D eigenvalue weighted by Gasteiger charge is 2.35. The maximum Gasteiger partial charge on any atom is 0.289 e. The lowest BCUT2D eigenvalue weighted by molar-refractivity contribution is -0.384. The maximum atomic E-state index is 12.5. The Morgan fingerprint density at radius 3 is 2.81 bits per heavy atom. The summed E-state index contributed by atoms with van der Waals surface area (Å²) in [6.07, 6.45) is 0.0543. The zero-order valence-electron chi connectivity index (χ0n) is 14.3. The van der Waals surface area contributed by atoms with Crippen molar-refractivity contribution >= 4 is 40.5 Å². The number of rotatable bonds is 5. The number of methoxy groups -OCH3 is 1.